The van der Waals surface area contributed by atoms with E-state index in [1.165, 1.54) is 12.8 Å². The number of rotatable bonds is 4. The monoisotopic (exact) mass is 340 g/mol. The van der Waals surface area contributed by atoms with Gasteiger partial charge in [0.2, 0.25) is 5.91 Å². The van der Waals surface area contributed by atoms with Gasteiger partial charge in [0.1, 0.15) is 5.76 Å². The van der Waals surface area contributed by atoms with E-state index in [9.17, 15) is 4.79 Å². The van der Waals surface area contributed by atoms with Gasteiger partial charge in [0, 0.05) is 25.0 Å². The summed E-state index contributed by atoms with van der Waals surface area (Å²) in [6.45, 7) is 2.47. The summed E-state index contributed by atoms with van der Waals surface area (Å²) in [5.74, 6) is 1.61. The zero-order valence-electron chi connectivity index (χ0n) is 11.6. The second-order valence-corrected chi connectivity index (χ2v) is 6.62. The molecule has 2 aliphatic rings. The summed E-state index contributed by atoms with van der Waals surface area (Å²) in [4.78, 5) is 14.4. The second kappa shape index (κ2) is 6.31. The van der Waals surface area contributed by atoms with Crippen molar-refractivity contribution in [3.63, 3.8) is 0 Å². The number of furan rings is 1. The molecule has 1 saturated heterocycles. The molecule has 1 atom stereocenters. The van der Waals surface area contributed by atoms with Crippen molar-refractivity contribution in [3.8, 4) is 0 Å². The van der Waals surface area contributed by atoms with Crippen molar-refractivity contribution in [2.75, 3.05) is 13.1 Å². The molecule has 2 fully saturated rings. The van der Waals surface area contributed by atoms with Crippen LogP contribution in [0.15, 0.2) is 21.2 Å². The van der Waals surface area contributed by atoms with Crippen molar-refractivity contribution in [3.05, 3.63) is 22.6 Å². The van der Waals surface area contributed by atoms with Crippen LogP contribution in [0.5, 0.6) is 0 Å². The molecule has 4 nitrogen and oxygen atoms in total. The lowest BCUT2D eigenvalue weighted by atomic mass is 10.1. The van der Waals surface area contributed by atoms with Crippen molar-refractivity contribution in [1.29, 1.82) is 0 Å². The first kappa shape index (κ1) is 14.1. The van der Waals surface area contributed by atoms with E-state index >= 15 is 0 Å². The summed E-state index contributed by atoms with van der Waals surface area (Å²) in [7, 11) is 0. The molecular formula is C15H21BrN2O2. The standard InChI is InChI=1S/C15H21BrN2O2/c16-14-6-5-13(20-14)9-17-12-7-8-18(10-12)15(19)11-3-1-2-4-11/h5-6,11-12,17H,1-4,7-10H2/t12-/m0/s1. The van der Waals surface area contributed by atoms with Gasteiger partial charge in [-0.25, -0.2) is 0 Å². The van der Waals surface area contributed by atoms with Crippen LogP contribution in [-0.2, 0) is 11.3 Å². The molecule has 5 heteroatoms. The molecule has 0 aromatic carbocycles. The van der Waals surface area contributed by atoms with Crippen LogP contribution < -0.4 is 5.32 Å². The summed E-state index contributed by atoms with van der Waals surface area (Å²) in [6, 6.07) is 4.26. The predicted molar refractivity (Wildman–Crippen MR) is 80.2 cm³/mol. The number of halogens is 1. The molecule has 0 radical (unpaired) electrons. The fourth-order valence-electron chi connectivity index (χ4n) is 3.25. The van der Waals surface area contributed by atoms with Crippen LogP contribution in [0, 0.1) is 5.92 Å². The van der Waals surface area contributed by atoms with Crippen LogP contribution in [0.25, 0.3) is 0 Å². The molecule has 2 heterocycles. The van der Waals surface area contributed by atoms with Crippen LogP contribution in [0.2, 0.25) is 0 Å². The number of hydrogen-bond donors (Lipinski definition) is 1. The molecule has 1 saturated carbocycles. The van der Waals surface area contributed by atoms with Gasteiger partial charge in [-0.2, -0.15) is 0 Å². The van der Waals surface area contributed by atoms with Crippen molar-refractivity contribution in [2.45, 2.75) is 44.7 Å². The second-order valence-electron chi connectivity index (χ2n) is 5.84. The Labute approximate surface area is 128 Å². The minimum Gasteiger partial charge on any atom is -0.453 e. The molecule has 20 heavy (non-hydrogen) atoms. The molecule has 1 N–H and O–H groups in total. The van der Waals surface area contributed by atoms with E-state index in [0.29, 0.717) is 17.9 Å². The number of nitrogens with one attached hydrogen (secondary N) is 1. The van der Waals surface area contributed by atoms with Gasteiger partial charge >= 0.3 is 0 Å². The Hall–Kier alpha value is -0.810. The average Bonchev–Trinajstić information content (AvgIpc) is 3.17. The molecule has 0 unspecified atom stereocenters. The highest BCUT2D eigenvalue weighted by Crippen LogP contribution is 2.27. The zero-order valence-corrected chi connectivity index (χ0v) is 13.2. The summed E-state index contributed by atoms with van der Waals surface area (Å²) in [6.07, 6.45) is 5.67. The molecule has 110 valence electrons. The topological polar surface area (TPSA) is 45.5 Å². The zero-order chi connectivity index (χ0) is 13.9. The number of amides is 1. The highest BCUT2D eigenvalue weighted by molar-refractivity contribution is 9.10. The van der Waals surface area contributed by atoms with Crippen molar-refractivity contribution < 1.29 is 9.21 Å². The summed E-state index contributed by atoms with van der Waals surface area (Å²) in [5.41, 5.74) is 0. The highest BCUT2D eigenvalue weighted by Gasteiger charge is 2.31. The molecule has 1 aromatic heterocycles. The van der Waals surface area contributed by atoms with Gasteiger partial charge in [0.05, 0.1) is 6.54 Å². The fourth-order valence-corrected chi connectivity index (χ4v) is 3.59. The van der Waals surface area contributed by atoms with E-state index in [1.54, 1.807) is 0 Å². The lowest BCUT2D eigenvalue weighted by molar-refractivity contribution is -0.134. The molecular weight excluding hydrogens is 320 g/mol. The lowest BCUT2D eigenvalue weighted by Crippen LogP contribution is -2.37. The molecule has 1 aromatic rings. The van der Waals surface area contributed by atoms with Crippen molar-refractivity contribution in [1.82, 2.24) is 10.2 Å². The van der Waals surface area contributed by atoms with Crippen molar-refractivity contribution >= 4 is 21.8 Å². The number of nitrogens with zero attached hydrogens (tertiary/aromatic N) is 1. The fraction of sp³-hybridized carbons (Fsp3) is 0.667. The molecule has 1 amide bonds. The Balaban J connectivity index is 1.45. The van der Waals surface area contributed by atoms with Crippen LogP contribution in [0.4, 0.5) is 0 Å². The normalized spacial score (nSPS) is 23.6. The minimum atomic E-state index is 0.301. The van der Waals surface area contributed by atoms with Crippen LogP contribution >= 0.6 is 15.9 Å². The summed E-state index contributed by atoms with van der Waals surface area (Å²) in [5, 5.41) is 3.48. The predicted octanol–water partition coefficient (Wildman–Crippen LogP) is 2.92. The van der Waals surface area contributed by atoms with Gasteiger partial charge in [-0.1, -0.05) is 12.8 Å². The Morgan fingerprint density at radius 2 is 2.15 bits per heavy atom. The first-order chi connectivity index (χ1) is 9.72. The summed E-state index contributed by atoms with van der Waals surface area (Å²) < 4.78 is 6.24. The van der Waals surface area contributed by atoms with Crippen LogP contribution in [0.3, 0.4) is 0 Å². The molecule has 0 bridgehead atoms. The van der Waals surface area contributed by atoms with Gasteiger partial charge in [-0.05, 0) is 47.3 Å². The number of carbonyl (C=O) groups excluding carboxylic acids is 1. The van der Waals surface area contributed by atoms with E-state index < -0.39 is 0 Å². The summed E-state index contributed by atoms with van der Waals surface area (Å²) >= 11 is 3.30. The van der Waals surface area contributed by atoms with Crippen LogP contribution in [0.1, 0.15) is 37.9 Å². The smallest absolute Gasteiger partial charge is 0.225 e. The average molecular weight is 341 g/mol. The van der Waals surface area contributed by atoms with Gasteiger partial charge in [0.25, 0.3) is 0 Å². The molecule has 3 rings (SSSR count). The van der Waals surface area contributed by atoms with E-state index in [1.807, 2.05) is 17.0 Å². The third kappa shape index (κ3) is 3.26. The van der Waals surface area contributed by atoms with E-state index in [-0.39, 0.29) is 0 Å². The first-order valence-corrected chi connectivity index (χ1v) is 8.28. The number of carbonyl (C=O) groups is 1. The van der Waals surface area contributed by atoms with Gasteiger partial charge in [-0.3, -0.25) is 4.79 Å². The van der Waals surface area contributed by atoms with Gasteiger partial charge in [0.15, 0.2) is 4.67 Å². The minimum absolute atomic E-state index is 0.301. The highest BCUT2D eigenvalue weighted by atomic mass is 79.9. The van der Waals surface area contributed by atoms with Gasteiger partial charge < -0.3 is 14.6 Å². The van der Waals surface area contributed by atoms with E-state index in [2.05, 4.69) is 21.2 Å². The maximum Gasteiger partial charge on any atom is 0.225 e. The number of hydrogen-bond acceptors (Lipinski definition) is 3. The first-order valence-electron chi connectivity index (χ1n) is 7.49. The SMILES string of the molecule is O=C(C1CCCC1)N1CC[C@H](NCc2ccc(Br)o2)C1. The molecule has 1 aliphatic heterocycles. The molecule has 1 aliphatic carbocycles. The largest absolute Gasteiger partial charge is 0.453 e. The van der Waals surface area contributed by atoms with Crippen LogP contribution in [-0.4, -0.2) is 29.9 Å². The Kier molecular flexibility index (Phi) is 4.46. The Morgan fingerprint density at radius 3 is 2.85 bits per heavy atom. The lowest BCUT2D eigenvalue weighted by Gasteiger charge is -2.20. The van der Waals surface area contributed by atoms with Gasteiger partial charge in [-0.15, -0.1) is 0 Å². The van der Waals surface area contributed by atoms with E-state index in [4.69, 9.17) is 4.42 Å². The van der Waals surface area contributed by atoms with Crippen molar-refractivity contribution in [2.24, 2.45) is 5.92 Å². The maximum absolute atomic E-state index is 12.3. The Bertz CT molecular complexity index is 468. The van der Waals surface area contributed by atoms with E-state index in [0.717, 1.165) is 49.3 Å². The third-order valence-corrected chi connectivity index (χ3v) is 4.82. The molecule has 0 spiro atoms. The maximum atomic E-state index is 12.3. The Morgan fingerprint density at radius 1 is 1.35 bits per heavy atom. The quantitative estimate of drug-likeness (QED) is 0.916. The third-order valence-electron chi connectivity index (χ3n) is 4.40. The number of likely N-dealkylation sites (tertiary alicyclic amines) is 1.